The minimum absolute atomic E-state index is 0.161. The molecule has 0 bridgehead atoms. The fourth-order valence-corrected chi connectivity index (χ4v) is 3.30. The molecule has 1 aromatic heterocycles. The normalized spacial score (nSPS) is 33.1. The first-order valence-corrected chi connectivity index (χ1v) is 5.59. The van der Waals surface area contributed by atoms with Crippen molar-refractivity contribution in [2.45, 2.75) is 6.10 Å². The number of quaternary nitrogens is 1. The fourth-order valence-electron chi connectivity index (χ4n) is 1.14. The molecule has 1 aliphatic heterocycles. The fraction of sp³-hybridized carbons (Fsp3) is 0.333. The molecule has 2 heterocycles. The minimum Gasteiger partial charge on any atom is -0.580 e. The lowest BCUT2D eigenvalue weighted by Gasteiger charge is -2.33. The van der Waals surface area contributed by atoms with Crippen molar-refractivity contribution in [1.29, 1.82) is 0 Å². The Hall–Kier alpha value is 0.180. The molecule has 0 fully saturated rings. The van der Waals surface area contributed by atoms with Crippen molar-refractivity contribution >= 4 is 39.9 Å². The Bertz CT molecular complexity index is 341. The zero-order valence-corrected chi connectivity index (χ0v) is 8.70. The van der Waals surface area contributed by atoms with Crippen LogP contribution in [-0.4, -0.2) is 16.1 Å². The zero-order chi connectivity index (χ0) is 9.64. The average Bonchev–Trinajstić information content (AvgIpc) is 2.42. The summed E-state index contributed by atoms with van der Waals surface area (Å²) < 4.78 is -1.09. The third-order valence-electron chi connectivity index (χ3n) is 1.73. The Morgan fingerprint density at radius 2 is 2.38 bits per heavy atom. The molecule has 2 N–H and O–H groups in total. The molecule has 0 aliphatic carbocycles. The van der Waals surface area contributed by atoms with E-state index in [9.17, 15) is 15.5 Å². The van der Waals surface area contributed by atoms with Crippen molar-refractivity contribution < 1.29 is 10.3 Å². The summed E-state index contributed by atoms with van der Waals surface area (Å²) >= 11 is 7.40. The van der Waals surface area contributed by atoms with Gasteiger partial charge in [0.25, 0.3) is 0 Å². The molecule has 0 saturated heterocycles. The van der Waals surface area contributed by atoms with E-state index < -0.39 is 10.3 Å². The molecular weight excluding hydrogens is 234 g/mol. The summed E-state index contributed by atoms with van der Waals surface area (Å²) in [4.78, 5) is 0. The number of aliphatic hydroxyl groups excluding tert-OH is 1. The number of rotatable bonds is 0. The van der Waals surface area contributed by atoms with Crippen molar-refractivity contribution in [3.8, 4) is 0 Å². The molecule has 0 aromatic carbocycles. The van der Waals surface area contributed by atoms with Gasteiger partial charge in [-0.15, -0.1) is 4.21 Å². The van der Waals surface area contributed by atoms with Crippen LogP contribution in [0.25, 0.3) is 0 Å². The highest BCUT2D eigenvalue weighted by atomic mass is 35.5. The Balaban J connectivity index is 2.54. The quantitative estimate of drug-likeness (QED) is 0.414. The Kier molecular flexibility index (Phi) is 2.31. The summed E-state index contributed by atoms with van der Waals surface area (Å²) in [7, 11) is 0. The molecule has 2 atom stereocenters. The van der Waals surface area contributed by atoms with Crippen LogP contribution in [0.2, 0.25) is 4.34 Å². The van der Waals surface area contributed by atoms with Crippen molar-refractivity contribution in [3.63, 3.8) is 0 Å². The molecule has 1 unspecified atom stereocenters. The number of hydrogen-bond donors (Lipinski definition) is 2. The number of thiophene rings is 1. The van der Waals surface area contributed by atoms with E-state index in [4.69, 9.17) is 11.6 Å². The van der Waals surface area contributed by atoms with Crippen LogP contribution in [0.15, 0.2) is 6.07 Å². The standard InChI is InChI=1S/C6H6ClNO3S2/c7-5-1-3-4(9)2-12-8(10,11)6(3)13-5/h1,4,9-10H,2H2/t4-/m1/s1. The van der Waals surface area contributed by atoms with Crippen LogP contribution in [-0.2, 0) is 0 Å². The largest absolute Gasteiger partial charge is 0.580 e. The van der Waals surface area contributed by atoms with E-state index in [2.05, 4.69) is 0 Å². The van der Waals surface area contributed by atoms with Gasteiger partial charge in [-0.3, -0.25) is 0 Å². The van der Waals surface area contributed by atoms with Crippen molar-refractivity contribution in [2.75, 3.05) is 5.75 Å². The highest BCUT2D eigenvalue weighted by molar-refractivity contribution is 7.98. The number of aliphatic hydroxyl groups is 1. The minimum atomic E-state index is -1.50. The van der Waals surface area contributed by atoms with Crippen LogP contribution in [0.1, 0.15) is 11.7 Å². The second-order valence-corrected chi connectivity index (χ2v) is 5.39. The molecule has 0 saturated carbocycles. The summed E-state index contributed by atoms with van der Waals surface area (Å²) in [5, 5.41) is 30.4. The van der Waals surface area contributed by atoms with Gasteiger partial charge in [0.05, 0.1) is 15.7 Å². The molecule has 0 amide bonds. The van der Waals surface area contributed by atoms with Gasteiger partial charge in [-0.1, -0.05) is 22.9 Å². The second-order valence-electron chi connectivity index (χ2n) is 2.64. The van der Waals surface area contributed by atoms with E-state index in [1.807, 2.05) is 0 Å². The van der Waals surface area contributed by atoms with E-state index in [1.165, 1.54) is 6.07 Å². The zero-order valence-electron chi connectivity index (χ0n) is 6.31. The van der Waals surface area contributed by atoms with Crippen LogP contribution in [0, 0.1) is 5.21 Å². The molecule has 1 aliphatic rings. The SMILES string of the molecule is [O-][N+]1(O)SC[C@@H](O)c2cc(Cl)sc21. The third kappa shape index (κ3) is 1.59. The van der Waals surface area contributed by atoms with E-state index >= 15 is 0 Å². The van der Waals surface area contributed by atoms with E-state index in [1.54, 1.807) is 0 Å². The van der Waals surface area contributed by atoms with Gasteiger partial charge in [-0.25, -0.2) is 0 Å². The van der Waals surface area contributed by atoms with Gasteiger partial charge in [0, 0.05) is 0 Å². The predicted molar refractivity (Wildman–Crippen MR) is 53.7 cm³/mol. The summed E-state index contributed by atoms with van der Waals surface area (Å²) in [5.74, 6) is 0.181. The molecule has 72 valence electrons. The molecule has 13 heavy (non-hydrogen) atoms. The molecule has 0 spiro atoms. The second kappa shape index (κ2) is 3.09. The lowest BCUT2D eigenvalue weighted by atomic mass is 10.2. The lowest BCUT2D eigenvalue weighted by molar-refractivity contribution is 0.0681. The van der Waals surface area contributed by atoms with Crippen LogP contribution in [0.4, 0.5) is 5.00 Å². The van der Waals surface area contributed by atoms with E-state index in [0.29, 0.717) is 9.90 Å². The molecule has 1 aromatic rings. The number of nitrogens with zero attached hydrogens (tertiary/aromatic N) is 1. The maximum atomic E-state index is 11.4. The van der Waals surface area contributed by atoms with E-state index in [-0.39, 0.29) is 10.8 Å². The topological polar surface area (TPSA) is 63.5 Å². The first-order valence-electron chi connectivity index (χ1n) is 3.46. The summed E-state index contributed by atoms with van der Waals surface area (Å²) in [6, 6.07) is 1.52. The van der Waals surface area contributed by atoms with Crippen LogP contribution < -0.4 is 4.21 Å². The number of halogens is 1. The van der Waals surface area contributed by atoms with Crippen LogP contribution >= 0.6 is 34.9 Å². The lowest BCUT2D eigenvalue weighted by Crippen LogP contribution is -2.35. The van der Waals surface area contributed by atoms with Gasteiger partial charge in [0.2, 0.25) is 5.00 Å². The molecule has 0 radical (unpaired) electrons. The van der Waals surface area contributed by atoms with Crippen molar-refractivity contribution in [3.05, 3.63) is 21.2 Å². The Morgan fingerprint density at radius 1 is 1.69 bits per heavy atom. The highest BCUT2D eigenvalue weighted by Crippen LogP contribution is 2.48. The first kappa shape index (κ1) is 9.72. The highest BCUT2D eigenvalue weighted by Gasteiger charge is 2.37. The predicted octanol–water partition coefficient (Wildman–Crippen LogP) is 2.29. The van der Waals surface area contributed by atoms with Crippen LogP contribution in [0.5, 0.6) is 0 Å². The van der Waals surface area contributed by atoms with Gasteiger partial charge < -0.3 is 10.3 Å². The first-order chi connectivity index (χ1) is 6.00. The molecule has 7 heteroatoms. The van der Waals surface area contributed by atoms with Gasteiger partial charge >= 0.3 is 0 Å². The maximum Gasteiger partial charge on any atom is 0.240 e. The van der Waals surface area contributed by atoms with Gasteiger partial charge in [-0.2, -0.15) is 5.21 Å². The molecule has 4 nitrogen and oxygen atoms in total. The van der Waals surface area contributed by atoms with E-state index in [0.717, 1.165) is 23.3 Å². The van der Waals surface area contributed by atoms with Crippen LogP contribution in [0.3, 0.4) is 0 Å². The Labute approximate surface area is 87.6 Å². The summed E-state index contributed by atoms with van der Waals surface area (Å²) in [6.07, 6.45) is -0.712. The number of hydrogen-bond acceptors (Lipinski definition) is 5. The van der Waals surface area contributed by atoms with Crippen molar-refractivity contribution in [1.82, 2.24) is 4.21 Å². The van der Waals surface area contributed by atoms with Gasteiger partial charge in [0.1, 0.15) is 18.1 Å². The smallest absolute Gasteiger partial charge is 0.240 e. The van der Waals surface area contributed by atoms with Gasteiger partial charge in [-0.05, 0) is 6.07 Å². The summed E-state index contributed by atoms with van der Waals surface area (Å²) in [5.41, 5.74) is 0.436. The van der Waals surface area contributed by atoms with Gasteiger partial charge in [0.15, 0.2) is 0 Å². The number of fused-ring (bicyclic) bond motifs is 1. The molecule has 2 rings (SSSR count). The molecular formula is C6H6ClNO3S2. The average molecular weight is 240 g/mol. The Morgan fingerprint density at radius 3 is 3.00 bits per heavy atom. The third-order valence-corrected chi connectivity index (χ3v) is 4.18. The summed E-state index contributed by atoms with van der Waals surface area (Å²) in [6.45, 7) is 0. The van der Waals surface area contributed by atoms with Crippen molar-refractivity contribution in [2.24, 2.45) is 0 Å². The maximum absolute atomic E-state index is 11.4. The monoisotopic (exact) mass is 239 g/mol.